The van der Waals surface area contributed by atoms with E-state index in [1.807, 2.05) is 0 Å². The van der Waals surface area contributed by atoms with Gasteiger partial charge in [0, 0.05) is 5.92 Å². The second-order valence-electron chi connectivity index (χ2n) is 4.66. The van der Waals surface area contributed by atoms with E-state index in [2.05, 4.69) is 0 Å². The number of hydrogen-bond acceptors (Lipinski definition) is 3. The lowest BCUT2D eigenvalue weighted by molar-refractivity contribution is -0.152. The van der Waals surface area contributed by atoms with Gasteiger partial charge in [0.1, 0.15) is 5.60 Å². The lowest BCUT2D eigenvalue weighted by Crippen LogP contribution is -2.45. The predicted molar refractivity (Wildman–Crippen MR) is 54.4 cm³/mol. The zero-order valence-electron chi connectivity index (χ0n) is 9.19. The minimum absolute atomic E-state index is 0.161. The van der Waals surface area contributed by atoms with Crippen molar-refractivity contribution in [1.82, 2.24) is 0 Å². The van der Waals surface area contributed by atoms with Crippen molar-refractivity contribution in [2.45, 2.75) is 45.1 Å². The summed E-state index contributed by atoms with van der Waals surface area (Å²) < 4.78 is 0. The largest absolute Gasteiger partial charge is 0.481 e. The van der Waals surface area contributed by atoms with Crippen LogP contribution in [0.5, 0.6) is 0 Å². The van der Waals surface area contributed by atoms with E-state index in [1.165, 1.54) is 0 Å². The Kier molecular flexibility index (Phi) is 3.50. The number of aliphatic carboxylic acids is 1. The van der Waals surface area contributed by atoms with Crippen LogP contribution in [0.15, 0.2) is 0 Å². The van der Waals surface area contributed by atoms with Gasteiger partial charge in [0.05, 0.1) is 5.92 Å². The highest BCUT2D eigenvalue weighted by molar-refractivity contribution is 5.89. The number of carboxylic acid groups (broad SMARTS) is 1. The molecule has 2 N–H and O–H groups in total. The van der Waals surface area contributed by atoms with Crippen molar-refractivity contribution < 1.29 is 19.8 Å². The van der Waals surface area contributed by atoms with Crippen LogP contribution in [0.1, 0.15) is 39.5 Å². The topological polar surface area (TPSA) is 74.6 Å². The highest BCUT2D eigenvalue weighted by Crippen LogP contribution is 2.34. The normalized spacial score (nSPS) is 31.6. The maximum Gasteiger partial charge on any atom is 0.306 e. The molecule has 0 saturated heterocycles. The smallest absolute Gasteiger partial charge is 0.306 e. The minimum atomic E-state index is -1.28. The summed E-state index contributed by atoms with van der Waals surface area (Å²) in [7, 11) is 0. The third-order valence-electron chi connectivity index (χ3n) is 3.15. The summed E-state index contributed by atoms with van der Waals surface area (Å²) in [5, 5.41) is 18.9. The van der Waals surface area contributed by atoms with Crippen molar-refractivity contribution in [3.8, 4) is 0 Å². The fraction of sp³-hybridized carbons (Fsp3) is 0.818. The van der Waals surface area contributed by atoms with Crippen LogP contribution in [-0.2, 0) is 9.59 Å². The summed E-state index contributed by atoms with van der Waals surface area (Å²) in [4.78, 5) is 22.4. The van der Waals surface area contributed by atoms with Crippen LogP contribution in [0.3, 0.4) is 0 Å². The molecule has 1 saturated carbocycles. The first kappa shape index (κ1) is 12.2. The molecule has 1 aliphatic rings. The quantitative estimate of drug-likeness (QED) is 0.740. The van der Waals surface area contributed by atoms with Gasteiger partial charge in [-0.1, -0.05) is 13.8 Å². The molecule has 0 radical (unpaired) electrons. The van der Waals surface area contributed by atoms with Gasteiger partial charge in [0.25, 0.3) is 0 Å². The second kappa shape index (κ2) is 4.31. The number of carbonyl (C=O) groups is 2. The molecule has 1 fully saturated rings. The van der Waals surface area contributed by atoms with E-state index >= 15 is 0 Å². The average molecular weight is 214 g/mol. The molecule has 0 aromatic rings. The number of Topliss-reactive ketones (excluding diaryl/α,β-unsaturated/α-hetero) is 1. The molecule has 4 nitrogen and oxygen atoms in total. The average Bonchev–Trinajstić information content (AvgIpc) is 2.17. The number of carboxylic acids is 1. The van der Waals surface area contributed by atoms with Gasteiger partial charge < -0.3 is 10.2 Å². The van der Waals surface area contributed by atoms with Gasteiger partial charge in [0.15, 0.2) is 5.78 Å². The van der Waals surface area contributed by atoms with E-state index in [0.717, 1.165) is 0 Å². The molecule has 0 heterocycles. The van der Waals surface area contributed by atoms with Crippen LogP contribution >= 0.6 is 0 Å². The van der Waals surface area contributed by atoms with Crippen LogP contribution in [0.4, 0.5) is 0 Å². The Morgan fingerprint density at radius 2 is 1.73 bits per heavy atom. The molecule has 1 aliphatic carbocycles. The van der Waals surface area contributed by atoms with Crippen LogP contribution in [0, 0.1) is 11.8 Å². The van der Waals surface area contributed by atoms with Gasteiger partial charge >= 0.3 is 5.97 Å². The van der Waals surface area contributed by atoms with E-state index in [-0.39, 0.29) is 24.5 Å². The van der Waals surface area contributed by atoms with E-state index in [1.54, 1.807) is 13.8 Å². The van der Waals surface area contributed by atoms with Crippen LogP contribution in [0.2, 0.25) is 0 Å². The Bertz CT molecular complexity index is 262. The lowest BCUT2D eigenvalue weighted by atomic mass is 9.74. The first-order valence-electron chi connectivity index (χ1n) is 5.36. The van der Waals surface area contributed by atoms with Crippen molar-refractivity contribution in [2.75, 3.05) is 0 Å². The molecule has 0 amide bonds. The molecule has 0 aromatic heterocycles. The number of aliphatic hydroxyl groups is 1. The first-order chi connectivity index (χ1) is 6.87. The highest BCUT2D eigenvalue weighted by atomic mass is 16.4. The number of carbonyl (C=O) groups excluding carboxylic acids is 1. The van der Waals surface area contributed by atoms with E-state index in [4.69, 9.17) is 5.11 Å². The van der Waals surface area contributed by atoms with Crippen LogP contribution in [-0.4, -0.2) is 27.6 Å². The Labute approximate surface area is 89.3 Å². The molecule has 0 aliphatic heterocycles. The van der Waals surface area contributed by atoms with Gasteiger partial charge in [-0.05, 0) is 25.7 Å². The van der Waals surface area contributed by atoms with Crippen molar-refractivity contribution >= 4 is 11.8 Å². The lowest BCUT2D eigenvalue weighted by Gasteiger charge is -2.34. The second-order valence-corrected chi connectivity index (χ2v) is 4.66. The Morgan fingerprint density at radius 1 is 1.27 bits per heavy atom. The highest BCUT2D eigenvalue weighted by Gasteiger charge is 2.41. The number of hydrogen-bond donors (Lipinski definition) is 2. The third-order valence-corrected chi connectivity index (χ3v) is 3.15. The fourth-order valence-electron chi connectivity index (χ4n) is 2.13. The van der Waals surface area contributed by atoms with Crippen LogP contribution < -0.4 is 0 Å². The SMILES string of the molecule is CC(C)C(=O)[C@]1(O)CC[C@@H](C(=O)O)CC1. The predicted octanol–water partition coefficient (Wildman–Crippen LogP) is 1.22. The summed E-state index contributed by atoms with van der Waals surface area (Å²) in [5.74, 6) is -1.58. The Hall–Kier alpha value is -0.900. The summed E-state index contributed by atoms with van der Waals surface area (Å²) in [6, 6.07) is 0. The molecule has 0 bridgehead atoms. The molecule has 0 spiro atoms. The Morgan fingerprint density at radius 3 is 2.07 bits per heavy atom. The van der Waals surface area contributed by atoms with Gasteiger partial charge in [-0.25, -0.2) is 0 Å². The molecule has 0 aromatic carbocycles. The first-order valence-corrected chi connectivity index (χ1v) is 5.36. The van der Waals surface area contributed by atoms with Crippen molar-refractivity contribution in [3.63, 3.8) is 0 Å². The molecular weight excluding hydrogens is 196 g/mol. The maximum absolute atomic E-state index is 11.7. The summed E-state index contributed by atoms with van der Waals surface area (Å²) >= 11 is 0. The van der Waals surface area contributed by atoms with Gasteiger partial charge in [0.2, 0.25) is 0 Å². The molecule has 15 heavy (non-hydrogen) atoms. The zero-order valence-corrected chi connectivity index (χ0v) is 9.19. The van der Waals surface area contributed by atoms with Crippen molar-refractivity contribution in [3.05, 3.63) is 0 Å². The standard InChI is InChI=1S/C11H18O4/c1-7(2)9(12)11(15)5-3-8(4-6-11)10(13)14/h7-8,15H,3-6H2,1-2H3,(H,13,14)/t8-,11+. The van der Waals surface area contributed by atoms with Gasteiger partial charge in [-0.2, -0.15) is 0 Å². The fourth-order valence-corrected chi connectivity index (χ4v) is 2.13. The number of ketones is 1. The zero-order chi connectivity index (χ0) is 11.6. The van der Waals surface area contributed by atoms with E-state index < -0.39 is 17.5 Å². The monoisotopic (exact) mass is 214 g/mol. The Balaban J connectivity index is 2.62. The number of rotatable bonds is 3. The summed E-state index contributed by atoms with van der Waals surface area (Å²) in [5.41, 5.74) is -1.28. The van der Waals surface area contributed by atoms with Gasteiger partial charge in [-0.15, -0.1) is 0 Å². The molecule has 4 heteroatoms. The summed E-state index contributed by atoms with van der Waals surface area (Å²) in [6.07, 6.45) is 1.34. The molecule has 0 unspecified atom stereocenters. The van der Waals surface area contributed by atoms with E-state index in [9.17, 15) is 14.7 Å². The molecule has 1 rings (SSSR count). The van der Waals surface area contributed by atoms with Crippen LogP contribution in [0.25, 0.3) is 0 Å². The third kappa shape index (κ3) is 2.56. The van der Waals surface area contributed by atoms with E-state index in [0.29, 0.717) is 12.8 Å². The van der Waals surface area contributed by atoms with Gasteiger partial charge in [-0.3, -0.25) is 9.59 Å². The van der Waals surface area contributed by atoms with Crippen molar-refractivity contribution in [2.24, 2.45) is 11.8 Å². The van der Waals surface area contributed by atoms with Crippen molar-refractivity contribution in [1.29, 1.82) is 0 Å². The maximum atomic E-state index is 11.7. The molecular formula is C11H18O4. The molecule has 0 atom stereocenters. The minimum Gasteiger partial charge on any atom is -0.481 e. The summed E-state index contributed by atoms with van der Waals surface area (Å²) in [6.45, 7) is 3.51. The molecule has 86 valence electrons.